The predicted octanol–water partition coefficient (Wildman–Crippen LogP) is 5.95. The lowest BCUT2D eigenvalue weighted by atomic mass is 10.1. The molecule has 1 unspecified atom stereocenters. The average Bonchev–Trinajstić information content (AvgIpc) is 2.79. The van der Waals surface area contributed by atoms with Crippen LogP contribution >= 0.6 is 0 Å². The summed E-state index contributed by atoms with van der Waals surface area (Å²) in [6.45, 7) is 11.9. The second-order valence-corrected chi connectivity index (χ2v) is 14.9. The van der Waals surface area contributed by atoms with Crippen LogP contribution in [0.15, 0.2) is 42.5 Å². The first-order valence-electron chi connectivity index (χ1n) is 11.4. The van der Waals surface area contributed by atoms with E-state index in [9.17, 15) is 18.0 Å². The third-order valence-corrected chi connectivity index (χ3v) is 11.2. The van der Waals surface area contributed by atoms with Crippen LogP contribution in [0.4, 0.5) is 23.7 Å². The minimum atomic E-state index is -2.13. The second kappa shape index (κ2) is 10.4. The topological polar surface area (TPSA) is 42.0 Å². The van der Waals surface area contributed by atoms with Gasteiger partial charge < -0.3 is 19.0 Å². The number of hydrogen-bond donors (Lipinski definition) is 0. The standard InChI is InChI=1S/C25H33F3N2O3Si/c1-25(2,3)34(4,5)33-17-20-15-29(24(31)32-16-18-9-7-6-8-10-18)11-12-30(20)19-13-21(26)23(28)22(27)14-19/h6-10,13-14,20H,11-12,15-17H2,1-5H3. The number of nitrogens with zero attached hydrogens (tertiary/aromatic N) is 2. The van der Waals surface area contributed by atoms with Gasteiger partial charge in [0.15, 0.2) is 25.8 Å². The van der Waals surface area contributed by atoms with E-state index < -0.39 is 31.9 Å². The summed E-state index contributed by atoms with van der Waals surface area (Å²) in [5, 5.41) is -0.0328. The highest BCUT2D eigenvalue weighted by molar-refractivity contribution is 6.74. The second-order valence-electron chi connectivity index (χ2n) is 10.1. The largest absolute Gasteiger partial charge is 0.445 e. The summed E-state index contributed by atoms with van der Waals surface area (Å²) in [6.07, 6.45) is -0.461. The SMILES string of the molecule is CC(C)(C)[Si](C)(C)OCC1CN(C(=O)OCc2ccccc2)CCN1c1cc(F)c(F)c(F)c1. The van der Waals surface area contributed by atoms with Crippen molar-refractivity contribution in [2.75, 3.05) is 31.1 Å². The van der Waals surface area contributed by atoms with Crippen LogP contribution < -0.4 is 4.90 Å². The number of rotatable bonds is 6. The number of amides is 1. The number of carbonyl (C=O) groups is 1. The molecule has 1 atom stereocenters. The zero-order chi connectivity index (χ0) is 25.1. The molecule has 0 aliphatic carbocycles. The normalized spacial score (nSPS) is 17.1. The highest BCUT2D eigenvalue weighted by atomic mass is 28.4. The predicted molar refractivity (Wildman–Crippen MR) is 129 cm³/mol. The zero-order valence-electron chi connectivity index (χ0n) is 20.4. The Morgan fingerprint density at radius 3 is 2.26 bits per heavy atom. The smallest absolute Gasteiger partial charge is 0.410 e. The van der Waals surface area contributed by atoms with E-state index in [0.717, 1.165) is 17.7 Å². The maximum Gasteiger partial charge on any atom is 0.410 e. The third-order valence-electron chi connectivity index (χ3n) is 6.69. The molecule has 3 rings (SSSR count). The fraction of sp³-hybridized carbons (Fsp3) is 0.480. The van der Waals surface area contributed by atoms with Crippen molar-refractivity contribution in [2.45, 2.75) is 51.6 Å². The maximum atomic E-state index is 14.0. The summed E-state index contributed by atoms with van der Waals surface area (Å²) in [5.41, 5.74) is 1.10. The van der Waals surface area contributed by atoms with E-state index in [0.29, 0.717) is 13.1 Å². The molecule has 1 aliphatic heterocycles. The van der Waals surface area contributed by atoms with Crippen LogP contribution in [0.3, 0.4) is 0 Å². The molecule has 0 bridgehead atoms. The maximum absolute atomic E-state index is 14.0. The summed E-state index contributed by atoms with van der Waals surface area (Å²) in [7, 11) is -2.13. The summed E-state index contributed by atoms with van der Waals surface area (Å²) in [6, 6.07) is 11.0. The molecular formula is C25H33F3N2O3Si. The molecule has 0 saturated carbocycles. The van der Waals surface area contributed by atoms with E-state index in [1.807, 2.05) is 30.3 Å². The van der Waals surface area contributed by atoms with Gasteiger partial charge in [-0.2, -0.15) is 0 Å². The van der Waals surface area contributed by atoms with Crippen LogP contribution in [0.25, 0.3) is 0 Å². The van der Waals surface area contributed by atoms with Crippen molar-refractivity contribution in [2.24, 2.45) is 0 Å². The van der Waals surface area contributed by atoms with E-state index >= 15 is 0 Å². The third kappa shape index (κ3) is 6.12. The Kier molecular flexibility index (Phi) is 7.97. The summed E-state index contributed by atoms with van der Waals surface area (Å²) >= 11 is 0. The molecule has 0 N–H and O–H groups in total. The Labute approximate surface area is 200 Å². The van der Waals surface area contributed by atoms with Crippen LogP contribution in [0.1, 0.15) is 26.3 Å². The van der Waals surface area contributed by atoms with Crippen LogP contribution in [0.5, 0.6) is 0 Å². The van der Waals surface area contributed by atoms with Crippen molar-refractivity contribution in [1.29, 1.82) is 0 Å². The fourth-order valence-electron chi connectivity index (χ4n) is 3.54. The Morgan fingerprint density at radius 1 is 1.06 bits per heavy atom. The Bertz CT molecular complexity index is 976. The van der Waals surface area contributed by atoms with E-state index in [2.05, 4.69) is 33.9 Å². The molecule has 0 radical (unpaired) electrons. The van der Waals surface area contributed by atoms with Gasteiger partial charge >= 0.3 is 6.09 Å². The van der Waals surface area contributed by atoms with Crippen molar-refractivity contribution >= 4 is 20.1 Å². The highest BCUT2D eigenvalue weighted by Gasteiger charge is 2.39. The van der Waals surface area contributed by atoms with Crippen LogP contribution in [0, 0.1) is 17.5 Å². The molecule has 34 heavy (non-hydrogen) atoms. The molecule has 1 saturated heterocycles. The number of anilines is 1. The average molecular weight is 495 g/mol. The molecular weight excluding hydrogens is 461 g/mol. The quantitative estimate of drug-likeness (QED) is 0.367. The molecule has 2 aromatic carbocycles. The lowest BCUT2D eigenvalue weighted by molar-refractivity contribution is 0.0841. The Hall–Kier alpha value is -2.52. The summed E-state index contributed by atoms with van der Waals surface area (Å²) in [5.74, 6) is -3.99. The van der Waals surface area contributed by atoms with Gasteiger partial charge in [0.25, 0.3) is 0 Å². The number of ether oxygens (including phenoxy) is 1. The summed E-state index contributed by atoms with van der Waals surface area (Å²) in [4.78, 5) is 16.1. The van der Waals surface area contributed by atoms with Crippen LogP contribution in [-0.4, -0.2) is 51.6 Å². The monoisotopic (exact) mass is 494 g/mol. The molecule has 9 heteroatoms. The first-order valence-corrected chi connectivity index (χ1v) is 14.3. The molecule has 0 aromatic heterocycles. The van der Waals surface area contributed by atoms with Gasteiger partial charge in [-0.25, -0.2) is 18.0 Å². The van der Waals surface area contributed by atoms with Gasteiger partial charge in [-0.15, -0.1) is 0 Å². The number of halogens is 3. The lowest BCUT2D eigenvalue weighted by Crippen LogP contribution is -2.58. The molecule has 1 heterocycles. The van der Waals surface area contributed by atoms with Gasteiger partial charge in [-0.05, 0) is 23.7 Å². The van der Waals surface area contributed by atoms with Gasteiger partial charge in [-0.3, -0.25) is 0 Å². The fourth-order valence-corrected chi connectivity index (χ4v) is 4.59. The van der Waals surface area contributed by atoms with Crippen LogP contribution in [0.2, 0.25) is 18.1 Å². The minimum absolute atomic E-state index is 0.0328. The number of carbonyl (C=O) groups excluding carboxylic acids is 1. The first-order chi connectivity index (χ1) is 15.9. The van der Waals surface area contributed by atoms with Crippen molar-refractivity contribution in [3.05, 3.63) is 65.5 Å². The van der Waals surface area contributed by atoms with Gasteiger partial charge in [0, 0.05) is 37.5 Å². The van der Waals surface area contributed by atoms with E-state index in [1.165, 1.54) is 0 Å². The molecule has 0 spiro atoms. The molecule has 1 amide bonds. The summed E-state index contributed by atoms with van der Waals surface area (Å²) < 4.78 is 53.3. The molecule has 5 nitrogen and oxygen atoms in total. The minimum Gasteiger partial charge on any atom is -0.445 e. The van der Waals surface area contributed by atoms with Gasteiger partial charge in [-0.1, -0.05) is 51.1 Å². The molecule has 186 valence electrons. The lowest BCUT2D eigenvalue weighted by Gasteiger charge is -2.44. The first kappa shape index (κ1) is 26.1. The van der Waals surface area contributed by atoms with Crippen LogP contribution in [-0.2, 0) is 15.8 Å². The Morgan fingerprint density at radius 2 is 1.68 bits per heavy atom. The van der Waals surface area contributed by atoms with Crippen molar-refractivity contribution < 1.29 is 27.1 Å². The van der Waals surface area contributed by atoms with E-state index in [-0.39, 0.29) is 36.5 Å². The molecule has 1 aliphatic rings. The molecule has 2 aromatic rings. The highest BCUT2D eigenvalue weighted by Crippen LogP contribution is 2.37. The van der Waals surface area contributed by atoms with Gasteiger partial charge in [0.05, 0.1) is 12.6 Å². The van der Waals surface area contributed by atoms with E-state index in [1.54, 1.807) is 9.80 Å². The van der Waals surface area contributed by atoms with Crippen molar-refractivity contribution in [3.8, 4) is 0 Å². The van der Waals surface area contributed by atoms with Gasteiger partial charge in [0.1, 0.15) is 6.61 Å². The molecule has 1 fully saturated rings. The zero-order valence-corrected chi connectivity index (χ0v) is 21.4. The Balaban J connectivity index is 1.77. The number of hydrogen-bond acceptors (Lipinski definition) is 4. The van der Waals surface area contributed by atoms with E-state index in [4.69, 9.17) is 9.16 Å². The van der Waals surface area contributed by atoms with Crippen molar-refractivity contribution in [3.63, 3.8) is 0 Å². The van der Waals surface area contributed by atoms with Gasteiger partial charge in [0.2, 0.25) is 0 Å². The number of piperazine rings is 1. The number of benzene rings is 2. The van der Waals surface area contributed by atoms with Crippen molar-refractivity contribution in [1.82, 2.24) is 4.90 Å².